The third kappa shape index (κ3) is 4.17. The molecule has 2 heterocycles. The number of carbonyl (C=O) groups is 2. The van der Waals surface area contributed by atoms with Crippen LogP contribution in [-0.2, 0) is 11.2 Å². The molecule has 1 aromatic heterocycles. The minimum absolute atomic E-state index is 0.0356. The highest BCUT2D eigenvalue weighted by Gasteiger charge is 2.24. The zero-order valence-corrected chi connectivity index (χ0v) is 12.4. The zero-order valence-electron chi connectivity index (χ0n) is 12.4. The highest BCUT2D eigenvalue weighted by atomic mass is 16.6. The summed E-state index contributed by atoms with van der Waals surface area (Å²) in [5, 5.41) is 13.1. The van der Waals surface area contributed by atoms with E-state index in [9.17, 15) is 9.59 Å². The normalized spacial score (nSPS) is 15.8. The first-order chi connectivity index (χ1) is 10.1. The van der Waals surface area contributed by atoms with E-state index in [1.807, 2.05) is 6.92 Å². The van der Waals surface area contributed by atoms with E-state index in [4.69, 9.17) is 0 Å². The number of hydrogen-bond acceptors (Lipinski definition) is 5. The number of hydrogen-bond donors (Lipinski definition) is 2. The number of piperidine rings is 1. The standard InChI is InChI=1S/C13H21N5O3/c1-3-14-13(20)18-6-4-10(5-7-18)15-12(19)8-11-9(2)16-21-17-11/h10H,3-8H2,1-2H3,(H,14,20)(H,15,19). The number of nitrogens with one attached hydrogen (secondary N) is 2. The number of aromatic nitrogens is 2. The maximum absolute atomic E-state index is 11.9. The molecule has 1 saturated heterocycles. The molecule has 0 bridgehead atoms. The molecule has 2 rings (SSSR count). The Kier molecular flexibility index (Phi) is 5.13. The van der Waals surface area contributed by atoms with Gasteiger partial charge in [0.15, 0.2) is 0 Å². The van der Waals surface area contributed by atoms with Crippen molar-refractivity contribution < 1.29 is 14.2 Å². The molecule has 2 N–H and O–H groups in total. The summed E-state index contributed by atoms with van der Waals surface area (Å²) in [5.74, 6) is -0.0924. The first-order valence-corrected chi connectivity index (χ1v) is 7.20. The van der Waals surface area contributed by atoms with Gasteiger partial charge in [0.05, 0.1) is 6.42 Å². The highest BCUT2D eigenvalue weighted by molar-refractivity contribution is 5.78. The van der Waals surface area contributed by atoms with Crippen molar-refractivity contribution in [3.63, 3.8) is 0 Å². The SMILES string of the molecule is CCNC(=O)N1CCC(NC(=O)Cc2nonc2C)CC1. The largest absolute Gasteiger partial charge is 0.353 e. The van der Waals surface area contributed by atoms with Gasteiger partial charge in [-0.1, -0.05) is 10.3 Å². The van der Waals surface area contributed by atoms with Crippen LogP contribution in [0.5, 0.6) is 0 Å². The Labute approximate surface area is 123 Å². The molecule has 8 heteroatoms. The van der Waals surface area contributed by atoms with Crippen LogP contribution in [-0.4, -0.2) is 52.8 Å². The van der Waals surface area contributed by atoms with E-state index >= 15 is 0 Å². The van der Waals surface area contributed by atoms with Crippen molar-refractivity contribution in [1.29, 1.82) is 0 Å². The fourth-order valence-electron chi connectivity index (χ4n) is 2.33. The summed E-state index contributed by atoms with van der Waals surface area (Å²) in [6, 6.07) is 0.0647. The van der Waals surface area contributed by atoms with Crippen LogP contribution >= 0.6 is 0 Å². The van der Waals surface area contributed by atoms with Crippen molar-refractivity contribution in [3.05, 3.63) is 11.4 Å². The van der Waals surface area contributed by atoms with Gasteiger partial charge in [0, 0.05) is 25.7 Å². The second kappa shape index (κ2) is 7.05. The summed E-state index contributed by atoms with van der Waals surface area (Å²) in [5.41, 5.74) is 1.20. The third-order valence-corrected chi connectivity index (χ3v) is 3.55. The summed E-state index contributed by atoms with van der Waals surface area (Å²) < 4.78 is 4.57. The van der Waals surface area contributed by atoms with Gasteiger partial charge in [0.1, 0.15) is 11.4 Å². The number of amides is 3. The predicted octanol–water partition coefficient (Wildman–Crippen LogP) is 0.231. The van der Waals surface area contributed by atoms with Gasteiger partial charge in [-0.3, -0.25) is 4.79 Å². The third-order valence-electron chi connectivity index (χ3n) is 3.55. The summed E-state index contributed by atoms with van der Waals surface area (Å²) in [6.45, 7) is 5.58. The minimum Gasteiger partial charge on any atom is -0.353 e. The first kappa shape index (κ1) is 15.3. The van der Waals surface area contributed by atoms with Crippen LogP contribution in [0.4, 0.5) is 4.79 Å². The van der Waals surface area contributed by atoms with Gasteiger partial charge in [-0.2, -0.15) is 0 Å². The van der Waals surface area contributed by atoms with Gasteiger partial charge in [-0.05, 0) is 26.7 Å². The van der Waals surface area contributed by atoms with Crippen LogP contribution in [0, 0.1) is 6.92 Å². The van der Waals surface area contributed by atoms with Gasteiger partial charge >= 0.3 is 6.03 Å². The number of nitrogens with zero attached hydrogens (tertiary/aromatic N) is 3. The van der Waals surface area contributed by atoms with Gasteiger partial charge in [0.2, 0.25) is 5.91 Å². The Balaban J connectivity index is 1.74. The van der Waals surface area contributed by atoms with Gasteiger partial charge in [-0.25, -0.2) is 9.42 Å². The van der Waals surface area contributed by atoms with E-state index in [-0.39, 0.29) is 24.4 Å². The lowest BCUT2D eigenvalue weighted by Gasteiger charge is -2.32. The van der Waals surface area contributed by atoms with E-state index in [0.29, 0.717) is 31.0 Å². The van der Waals surface area contributed by atoms with Crippen LogP contribution in [0.3, 0.4) is 0 Å². The van der Waals surface area contributed by atoms with E-state index in [2.05, 4.69) is 25.6 Å². The molecular weight excluding hydrogens is 274 g/mol. The van der Waals surface area contributed by atoms with Crippen molar-refractivity contribution in [2.75, 3.05) is 19.6 Å². The zero-order chi connectivity index (χ0) is 15.2. The molecule has 8 nitrogen and oxygen atoms in total. The molecule has 0 spiro atoms. The average Bonchev–Trinajstić information content (AvgIpc) is 2.85. The Hall–Kier alpha value is -2.12. The molecular formula is C13H21N5O3. The van der Waals surface area contributed by atoms with Crippen LogP contribution in [0.15, 0.2) is 4.63 Å². The highest BCUT2D eigenvalue weighted by Crippen LogP contribution is 2.11. The van der Waals surface area contributed by atoms with E-state index < -0.39 is 0 Å². The number of likely N-dealkylation sites (tertiary alicyclic amines) is 1. The van der Waals surface area contributed by atoms with E-state index in [1.54, 1.807) is 11.8 Å². The molecule has 0 saturated carbocycles. The minimum atomic E-state index is -0.0924. The fourth-order valence-corrected chi connectivity index (χ4v) is 2.33. The number of rotatable bonds is 4. The molecule has 0 radical (unpaired) electrons. The molecule has 116 valence electrons. The molecule has 0 atom stereocenters. The predicted molar refractivity (Wildman–Crippen MR) is 74.5 cm³/mol. The maximum Gasteiger partial charge on any atom is 0.317 e. The summed E-state index contributed by atoms with van der Waals surface area (Å²) in [6.07, 6.45) is 1.70. The molecule has 3 amide bonds. The lowest BCUT2D eigenvalue weighted by molar-refractivity contribution is -0.121. The number of carbonyl (C=O) groups excluding carboxylic acids is 2. The molecule has 1 fully saturated rings. The van der Waals surface area contributed by atoms with Crippen molar-refractivity contribution >= 4 is 11.9 Å². The first-order valence-electron chi connectivity index (χ1n) is 7.20. The molecule has 21 heavy (non-hydrogen) atoms. The van der Waals surface area contributed by atoms with Crippen molar-refractivity contribution in [2.45, 2.75) is 39.2 Å². The lowest BCUT2D eigenvalue weighted by atomic mass is 10.0. The maximum atomic E-state index is 11.9. The average molecular weight is 295 g/mol. The van der Waals surface area contributed by atoms with Crippen LogP contribution in [0.1, 0.15) is 31.2 Å². The topological polar surface area (TPSA) is 100 Å². The smallest absolute Gasteiger partial charge is 0.317 e. The van der Waals surface area contributed by atoms with Crippen LogP contribution in [0.2, 0.25) is 0 Å². The fraction of sp³-hybridized carbons (Fsp3) is 0.692. The lowest BCUT2D eigenvalue weighted by Crippen LogP contribution is -2.49. The number of aryl methyl sites for hydroxylation is 1. The molecule has 0 aliphatic carbocycles. The summed E-state index contributed by atoms with van der Waals surface area (Å²) in [4.78, 5) is 25.4. The second-order valence-electron chi connectivity index (χ2n) is 5.14. The number of urea groups is 1. The molecule has 1 aliphatic rings. The molecule has 1 aromatic rings. The Morgan fingerprint density at radius 2 is 2.05 bits per heavy atom. The monoisotopic (exact) mass is 295 g/mol. The van der Waals surface area contributed by atoms with Crippen molar-refractivity contribution in [2.24, 2.45) is 0 Å². The Morgan fingerprint density at radius 1 is 1.33 bits per heavy atom. The van der Waals surface area contributed by atoms with Crippen LogP contribution in [0.25, 0.3) is 0 Å². The molecule has 1 aliphatic heterocycles. The van der Waals surface area contributed by atoms with Gasteiger partial charge < -0.3 is 15.5 Å². The summed E-state index contributed by atoms with van der Waals surface area (Å²) in [7, 11) is 0. The van der Waals surface area contributed by atoms with Crippen LogP contribution < -0.4 is 10.6 Å². The van der Waals surface area contributed by atoms with Gasteiger partial charge in [-0.15, -0.1) is 0 Å². The van der Waals surface area contributed by atoms with E-state index in [1.165, 1.54) is 0 Å². The van der Waals surface area contributed by atoms with Crippen molar-refractivity contribution in [1.82, 2.24) is 25.8 Å². The Morgan fingerprint density at radius 3 is 2.62 bits per heavy atom. The second-order valence-corrected chi connectivity index (χ2v) is 5.14. The van der Waals surface area contributed by atoms with Crippen molar-refractivity contribution in [3.8, 4) is 0 Å². The Bertz CT molecular complexity index is 494. The van der Waals surface area contributed by atoms with Gasteiger partial charge in [0.25, 0.3) is 0 Å². The summed E-state index contributed by atoms with van der Waals surface area (Å²) >= 11 is 0. The molecule has 0 unspecified atom stereocenters. The molecule has 0 aromatic carbocycles. The quantitative estimate of drug-likeness (QED) is 0.828. The van der Waals surface area contributed by atoms with E-state index in [0.717, 1.165) is 12.8 Å².